The summed E-state index contributed by atoms with van der Waals surface area (Å²) in [5.41, 5.74) is 2.62. The number of fused-ring (bicyclic) bond motifs is 1. The standard InChI is InChI=1S/C13H19BrN2/c1-9(2)16-8-13(3,4)15-12-10(14)6-5-7-11(12)16/h5-7,9,15H,8H2,1-4H3. The summed E-state index contributed by atoms with van der Waals surface area (Å²) in [4.78, 5) is 2.45. The molecule has 88 valence electrons. The SMILES string of the molecule is CC(C)N1CC(C)(C)Nc2c(Br)cccc21. The van der Waals surface area contributed by atoms with Crippen LogP contribution in [-0.2, 0) is 0 Å². The van der Waals surface area contributed by atoms with Crippen molar-refractivity contribution in [1.29, 1.82) is 0 Å². The molecule has 1 aliphatic rings. The highest BCUT2D eigenvalue weighted by molar-refractivity contribution is 9.10. The molecule has 0 aromatic heterocycles. The van der Waals surface area contributed by atoms with E-state index < -0.39 is 0 Å². The molecule has 0 atom stereocenters. The van der Waals surface area contributed by atoms with Crippen molar-refractivity contribution in [2.24, 2.45) is 0 Å². The number of nitrogens with zero attached hydrogens (tertiary/aromatic N) is 1. The van der Waals surface area contributed by atoms with Crippen LogP contribution in [0.4, 0.5) is 11.4 Å². The Kier molecular flexibility index (Phi) is 2.91. The average molecular weight is 283 g/mol. The van der Waals surface area contributed by atoms with Gasteiger partial charge in [0, 0.05) is 22.6 Å². The van der Waals surface area contributed by atoms with E-state index in [1.165, 1.54) is 11.4 Å². The van der Waals surface area contributed by atoms with Gasteiger partial charge in [0.1, 0.15) is 0 Å². The highest BCUT2D eigenvalue weighted by Gasteiger charge is 2.31. The van der Waals surface area contributed by atoms with Crippen LogP contribution in [0.5, 0.6) is 0 Å². The number of halogens is 1. The molecule has 0 aliphatic carbocycles. The molecule has 1 aliphatic heterocycles. The minimum Gasteiger partial charge on any atom is -0.376 e. The van der Waals surface area contributed by atoms with E-state index in [0.29, 0.717) is 6.04 Å². The van der Waals surface area contributed by atoms with Crippen molar-refractivity contribution in [2.45, 2.75) is 39.3 Å². The van der Waals surface area contributed by atoms with Crippen LogP contribution in [-0.4, -0.2) is 18.1 Å². The maximum Gasteiger partial charge on any atom is 0.0727 e. The third-order valence-electron chi connectivity index (χ3n) is 2.95. The number of benzene rings is 1. The Morgan fingerprint density at radius 3 is 2.69 bits per heavy atom. The van der Waals surface area contributed by atoms with E-state index in [9.17, 15) is 0 Å². The second-order valence-electron chi connectivity index (χ2n) is 5.36. The fourth-order valence-corrected chi connectivity index (χ4v) is 2.68. The summed E-state index contributed by atoms with van der Waals surface area (Å²) in [5.74, 6) is 0. The van der Waals surface area contributed by atoms with Gasteiger partial charge in [-0.2, -0.15) is 0 Å². The van der Waals surface area contributed by atoms with Gasteiger partial charge in [0.2, 0.25) is 0 Å². The van der Waals surface area contributed by atoms with Gasteiger partial charge in [0.25, 0.3) is 0 Å². The van der Waals surface area contributed by atoms with Gasteiger partial charge >= 0.3 is 0 Å². The van der Waals surface area contributed by atoms with Gasteiger partial charge < -0.3 is 10.2 Å². The lowest BCUT2D eigenvalue weighted by Crippen LogP contribution is -2.51. The normalized spacial score (nSPS) is 18.2. The molecule has 1 aromatic rings. The van der Waals surface area contributed by atoms with Gasteiger partial charge in [0.15, 0.2) is 0 Å². The molecule has 0 amide bonds. The zero-order valence-corrected chi connectivity index (χ0v) is 11.9. The average Bonchev–Trinajstić information content (AvgIpc) is 2.17. The van der Waals surface area contributed by atoms with Crippen molar-refractivity contribution in [3.63, 3.8) is 0 Å². The molecule has 1 heterocycles. The Balaban J connectivity index is 2.51. The van der Waals surface area contributed by atoms with Gasteiger partial charge in [-0.1, -0.05) is 6.07 Å². The Bertz CT molecular complexity index is 399. The second kappa shape index (κ2) is 3.95. The zero-order valence-electron chi connectivity index (χ0n) is 10.3. The molecule has 0 unspecified atom stereocenters. The molecule has 0 bridgehead atoms. The third kappa shape index (κ3) is 2.05. The maximum atomic E-state index is 3.62. The van der Waals surface area contributed by atoms with E-state index in [1.807, 2.05) is 0 Å². The fraction of sp³-hybridized carbons (Fsp3) is 0.538. The minimum atomic E-state index is 0.112. The smallest absolute Gasteiger partial charge is 0.0727 e. The number of rotatable bonds is 1. The molecular formula is C13H19BrN2. The lowest BCUT2D eigenvalue weighted by Gasteiger charge is -2.44. The molecule has 1 aromatic carbocycles. The van der Waals surface area contributed by atoms with Crippen molar-refractivity contribution < 1.29 is 0 Å². The molecule has 0 saturated heterocycles. The quantitative estimate of drug-likeness (QED) is 0.841. The second-order valence-corrected chi connectivity index (χ2v) is 6.22. The number of para-hydroxylation sites is 1. The molecule has 0 spiro atoms. The van der Waals surface area contributed by atoms with Crippen LogP contribution < -0.4 is 10.2 Å². The Labute approximate surface area is 106 Å². The van der Waals surface area contributed by atoms with Crippen LogP contribution in [0.2, 0.25) is 0 Å². The number of anilines is 2. The first-order valence-corrected chi connectivity index (χ1v) is 6.53. The Morgan fingerprint density at radius 1 is 1.38 bits per heavy atom. The van der Waals surface area contributed by atoms with Crippen molar-refractivity contribution in [1.82, 2.24) is 0 Å². The predicted molar refractivity (Wildman–Crippen MR) is 74.3 cm³/mol. The van der Waals surface area contributed by atoms with Crippen molar-refractivity contribution in [2.75, 3.05) is 16.8 Å². The Hall–Kier alpha value is -0.700. The first kappa shape index (κ1) is 11.8. The number of nitrogens with one attached hydrogen (secondary N) is 1. The van der Waals surface area contributed by atoms with Crippen LogP contribution in [0, 0.1) is 0 Å². The molecule has 2 rings (SSSR count). The first-order valence-electron chi connectivity index (χ1n) is 5.74. The number of hydrogen-bond acceptors (Lipinski definition) is 2. The number of hydrogen-bond donors (Lipinski definition) is 1. The third-order valence-corrected chi connectivity index (χ3v) is 3.61. The van der Waals surface area contributed by atoms with E-state index >= 15 is 0 Å². The van der Waals surface area contributed by atoms with E-state index in [-0.39, 0.29) is 5.54 Å². The first-order chi connectivity index (χ1) is 7.41. The van der Waals surface area contributed by atoms with Crippen LogP contribution >= 0.6 is 15.9 Å². The van der Waals surface area contributed by atoms with E-state index in [2.05, 4.69) is 72.0 Å². The van der Waals surface area contributed by atoms with Gasteiger partial charge in [-0.15, -0.1) is 0 Å². The highest BCUT2D eigenvalue weighted by atomic mass is 79.9. The highest BCUT2D eigenvalue weighted by Crippen LogP contribution is 2.40. The fourth-order valence-electron chi connectivity index (χ4n) is 2.23. The summed E-state index contributed by atoms with van der Waals surface area (Å²) >= 11 is 3.62. The van der Waals surface area contributed by atoms with E-state index in [0.717, 1.165) is 11.0 Å². The molecule has 1 N–H and O–H groups in total. The van der Waals surface area contributed by atoms with E-state index in [1.54, 1.807) is 0 Å². The summed E-state index contributed by atoms with van der Waals surface area (Å²) in [7, 11) is 0. The van der Waals surface area contributed by atoms with Crippen LogP contribution in [0.25, 0.3) is 0 Å². The summed E-state index contributed by atoms with van der Waals surface area (Å²) in [6.45, 7) is 10.0. The molecular weight excluding hydrogens is 264 g/mol. The van der Waals surface area contributed by atoms with Crippen molar-refractivity contribution in [3.05, 3.63) is 22.7 Å². The maximum absolute atomic E-state index is 3.62. The van der Waals surface area contributed by atoms with E-state index in [4.69, 9.17) is 0 Å². The lowest BCUT2D eigenvalue weighted by atomic mass is 9.98. The lowest BCUT2D eigenvalue weighted by molar-refractivity contribution is 0.506. The van der Waals surface area contributed by atoms with Gasteiger partial charge in [-0.25, -0.2) is 0 Å². The van der Waals surface area contributed by atoms with Crippen LogP contribution in [0.1, 0.15) is 27.7 Å². The topological polar surface area (TPSA) is 15.3 Å². The molecule has 16 heavy (non-hydrogen) atoms. The largest absolute Gasteiger partial charge is 0.376 e. The monoisotopic (exact) mass is 282 g/mol. The molecule has 0 radical (unpaired) electrons. The van der Waals surface area contributed by atoms with Gasteiger partial charge in [-0.3, -0.25) is 0 Å². The summed E-state index contributed by atoms with van der Waals surface area (Å²) in [5, 5.41) is 3.60. The van der Waals surface area contributed by atoms with Gasteiger partial charge in [0.05, 0.1) is 11.4 Å². The van der Waals surface area contributed by atoms with Crippen molar-refractivity contribution >= 4 is 27.3 Å². The zero-order chi connectivity index (χ0) is 11.9. The van der Waals surface area contributed by atoms with Gasteiger partial charge in [-0.05, 0) is 55.8 Å². The molecule has 0 fully saturated rings. The molecule has 3 heteroatoms. The van der Waals surface area contributed by atoms with Crippen molar-refractivity contribution in [3.8, 4) is 0 Å². The van der Waals surface area contributed by atoms with Crippen LogP contribution in [0.3, 0.4) is 0 Å². The Morgan fingerprint density at radius 2 is 2.06 bits per heavy atom. The summed E-state index contributed by atoms with van der Waals surface area (Å²) in [6.07, 6.45) is 0. The van der Waals surface area contributed by atoms with Crippen LogP contribution in [0.15, 0.2) is 22.7 Å². The molecule has 0 saturated carbocycles. The minimum absolute atomic E-state index is 0.112. The summed E-state index contributed by atoms with van der Waals surface area (Å²) in [6, 6.07) is 6.89. The predicted octanol–water partition coefficient (Wildman–Crippen LogP) is 3.87. The summed E-state index contributed by atoms with van der Waals surface area (Å²) < 4.78 is 1.14. The molecule has 2 nitrogen and oxygen atoms in total.